The molecule has 0 spiro atoms. The van der Waals surface area contributed by atoms with Gasteiger partial charge >= 0.3 is 5.97 Å². The molecule has 0 aliphatic carbocycles. The predicted molar refractivity (Wildman–Crippen MR) is 95.6 cm³/mol. The van der Waals surface area contributed by atoms with E-state index in [1.807, 2.05) is 0 Å². The highest BCUT2D eigenvalue weighted by atomic mass is 35.5. The third kappa shape index (κ3) is 3.43. The fraction of sp³-hybridized carbons (Fsp3) is 0.222. The van der Waals surface area contributed by atoms with Crippen molar-refractivity contribution in [2.75, 3.05) is 0 Å². The minimum Gasteiger partial charge on any atom is -0.480 e. The van der Waals surface area contributed by atoms with Crippen LogP contribution in [0.3, 0.4) is 0 Å². The molecule has 1 aliphatic heterocycles. The van der Waals surface area contributed by atoms with E-state index in [9.17, 15) is 24.8 Å². The van der Waals surface area contributed by atoms with Crippen LogP contribution in [0.25, 0.3) is 0 Å². The van der Waals surface area contributed by atoms with Crippen LogP contribution < -0.4 is 4.74 Å². The summed E-state index contributed by atoms with van der Waals surface area (Å²) in [4.78, 5) is 35.9. The Bertz CT molecular complexity index is 901. The topological polar surface area (TPSA) is 110 Å². The molecule has 0 saturated carbocycles. The van der Waals surface area contributed by atoms with E-state index in [0.717, 1.165) is 4.90 Å². The minimum absolute atomic E-state index is 0.206. The number of nitrogens with zero attached hydrogens (tertiary/aromatic N) is 2. The summed E-state index contributed by atoms with van der Waals surface area (Å²) in [6, 6.07) is 10.1. The molecule has 1 heterocycles. The second-order valence-electron chi connectivity index (χ2n) is 6.01. The molecule has 0 radical (unpaired) electrons. The fourth-order valence-electron chi connectivity index (χ4n) is 3.02. The van der Waals surface area contributed by atoms with E-state index in [4.69, 9.17) is 16.3 Å². The SMILES string of the molecule is CC(C(=O)O)N1C(=O)C(Oc2ccc(Cl)cc2)C1c1ccccc1[N+](=O)[O-]. The van der Waals surface area contributed by atoms with Crippen molar-refractivity contribution in [2.24, 2.45) is 0 Å². The summed E-state index contributed by atoms with van der Waals surface area (Å²) >= 11 is 5.83. The highest BCUT2D eigenvalue weighted by molar-refractivity contribution is 6.30. The number of para-hydroxylation sites is 1. The van der Waals surface area contributed by atoms with Crippen LogP contribution in [-0.2, 0) is 9.59 Å². The van der Waals surface area contributed by atoms with Crippen molar-refractivity contribution in [3.8, 4) is 5.75 Å². The molecule has 0 bridgehead atoms. The number of likely N-dealkylation sites (tertiary alicyclic amines) is 1. The number of rotatable bonds is 6. The maximum atomic E-state index is 12.6. The van der Waals surface area contributed by atoms with Gasteiger partial charge in [-0.25, -0.2) is 4.79 Å². The van der Waals surface area contributed by atoms with Crippen molar-refractivity contribution in [3.63, 3.8) is 0 Å². The van der Waals surface area contributed by atoms with E-state index in [1.54, 1.807) is 30.3 Å². The molecule has 3 rings (SSSR count). The number of nitro groups is 1. The van der Waals surface area contributed by atoms with Gasteiger partial charge in [0.25, 0.3) is 11.6 Å². The van der Waals surface area contributed by atoms with Crippen LogP contribution in [0, 0.1) is 10.1 Å². The van der Waals surface area contributed by atoms with E-state index in [0.29, 0.717) is 10.8 Å². The van der Waals surface area contributed by atoms with E-state index < -0.39 is 35.0 Å². The first-order valence-corrected chi connectivity index (χ1v) is 8.39. The molecule has 140 valence electrons. The summed E-state index contributed by atoms with van der Waals surface area (Å²) in [6.07, 6.45) is -1.07. The Morgan fingerprint density at radius 1 is 1.26 bits per heavy atom. The van der Waals surface area contributed by atoms with Gasteiger partial charge in [-0.1, -0.05) is 23.7 Å². The Kier molecular flexibility index (Phi) is 5.00. The van der Waals surface area contributed by atoms with Crippen molar-refractivity contribution < 1.29 is 24.4 Å². The molecule has 9 heteroatoms. The van der Waals surface area contributed by atoms with Gasteiger partial charge in [0.15, 0.2) is 0 Å². The van der Waals surface area contributed by atoms with Crippen LogP contribution in [-0.4, -0.2) is 39.0 Å². The molecule has 27 heavy (non-hydrogen) atoms. The number of halogens is 1. The van der Waals surface area contributed by atoms with Crippen molar-refractivity contribution in [1.29, 1.82) is 0 Å². The number of ether oxygens (including phenoxy) is 1. The van der Waals surface area contributed by atoms with Gasteiger partial charge in [-0.15, -0.1) is 0 Å². The number of hydrogen-bond donors (Lipinski definition) is 1. The van der Waals surface area contributed by atoms with E-state index >= 15 is 0 Å². The van der Waals surface area contributed by atoms with Crippen LogP contribution in [0.2, 0.25) is 5.02 Å². The molecule has 3 unspecified atom stereocenters. The average Bonchev–Trinajstić information content (AvgIpc) is 2.64. The first-order valence-electron chi connectivity index (χ1n) is 8.01. The van der Waals surface area contributed by atoms with Gasteiger partial charge in [-0.3, -0.25) is 14.9 Å². The number of carboxylic acid groups (broad SMARTS) is 1. The van der Waals surface area contributed by atoms with Gasteiger partial charge < -0.3 is 14.7 Å². The lowest BCUT2D eigenvalue weighted by molar-refractivity contribution is -0.386. The number of amides is 1. The molecule has 1 N–H and O–H groups in total. The standard InChI is InChI=1S/C18H15ClN2O6/c1-10(18(23)24)20-15(13-4-2-3-5-14(13)21(25)26)16(17(20)22)27-12-8-6-11(19)7-9-12/h2-10,15-16H,1H3,(H,23,24). The minimum atomic E-state index is -1.21. The van der Waals surface area contributed by atoms with E-state index in [1.165, 1.54) is 25.1 Å². The molecule has 1 saturated heterocycles. The number of benzene rings is 2. The predicted octanol–water partition coefficient (Wildman–Crippen LogP) is 3.05. The maximum Gasteiger partial charge on any atom is 0.326 e. The quantitative estimate of drug-likeness (QED) is 0.461. The molecule has 1 aliphatic rings. The monoisotopic (exact) mass is 390 g/mol. The van der Waals surface area contributed by atoms with Gasteiger partial charge in [0.1, 0.15) is 17.8 Å². The van der Waals surface area contributed by atoms with Crippen LogP contribution in [0.15, 0.2) is 48.5 Å². The summed E-state index contributed by atoms with van der Waals surface area (Å²) in [6.45, 7) is 1.35. The number of β-lactam (4-membered cyclic amide) rings is 1. The smallest absolute Gasteiger partial charge is 0.326 e. The zero-order valence-corrected chi connectivity index (χ0v) is 14.9. The Hall–Kier alpha value is -3.13. The molecule has 2 aromatic carbocycles. The van der Waals surface area contributed by atoms with Gasteiger partial charge in [0.2, 0.25) is 6.10 Å². The summed E-state index contributed by atoms with van der Waals surface area (Å²) in [5.41, 5.74) is 0.0106. The molecule has 2 aromatic rings. The number of carbonyl (C=O) groups is 2. The third-order valence-corrected chi connectivity index (χ3v) is 4.64. The van der Waals surface area contributed by atoms with Gasteiger partial charge in [0, 0.05) is 11.1 Å². The molecule has 1 fully saturated rings. The number of hydrogen-bond acceptors (Lipinski definition) is 5. The van der Waals surface area contributed by atoms with Crippen molar-refractivity contribution >= 4 is 29.2 Å². The molecular weight excluding hydrogens is 376 g/mol. The zero-order valence-electron chi connectivity index (χ0n) is 14.1. The van der Waals surface area contributed by atoms with Crippen LogP contribution in [0.5, 0.6) is 5.75 Å². The van der Waals surface area contributed by atoms with Gasteiger partial charge in [-0.05, 0) is 37.3 Å². The molecule has 0 aromatic heterocycles. The van der Waals surface area contributed by atoms with Gasteiger partial charge in [-0.2, -0.15) is 0 Å². The Labute approximate surface area is 159 Å². The number of carboxylic acids is 1. The highest BCUT2D eigenvalue weighted by Crippen LogP contribution is 2.42. The fourth-order valence-corrected chi connectivity index (χ4v) is 3.15. The molecule has 8 nitrogen and oxygen atoms in total. The first kappa shape index (κ1) is 18.7. The maximum absolute atomic E-state index is 12.6. The number of aliphatic carboxylic acids is 1. The highest BCUT2D eigenvalue weighted by Gasteiger charge is 2.55. The summed E-state index contributed by atoms with van der Waals surface area (Å²) in [5, 5.41) is 21.2. The van der Waals surface area contributed by atoms with Crippen molar-refractivity contribution in [1.82, 2.24) is 4.90 Å². The Morgan fingerprint density at radius 3 is 2.48 bits per heavy atom. The van der Waals surface area contributed by atoms with Gasteiger partial charge in [0.05, 0.1) is 10.5 Å². The third-order valence-electron chi connectivity index (χ3n) is 4.39. The Balaban J connectivity index is 2.00. The van der Waals surface area contributed by atoms with E-state index in [2.05, 4.69) is 0 Å². The van der Waals surface area contributed by atoms with Crippen molar-refractivity contribution in [3.05, 3.63) is 69.2 Å². The van der Waals surface area contributed by atoms with Crippen LogP contribution in [0.1, 0.15) is 18.5 Å². The zero-order chi connectivity index (χ0) is 19.7. The number of carbonyl (C=O) groups excluding carboxylic acids is 1. The largest absolute Gasteiger partial charge is 0.480 e. The molecular formula is C18H15ClN2O6. The Morgan fingerprint density at radius 2 is 1.89 bits per heavy atom. The van der Waals surface area contributed by atoms with Crippen LogP contribution >= 0.6 is 11.6 Å². The lowest BCUT2D eigenvalue weighted by atomic mass is 9.87. The molecule has 3 atom stereocenters. The summed E-state index contributed by atoms with van der Waals surface area (Å²) in [5.74, 6) is -1.41. The van der Waals surface area contributed by atoms with E-state index in [-0.39, 0.29) is 11.3 Å². The normalized spacial score (nSPS) is 19.9. The average molecular weight is 391 g/mol. The second-order valence-corrected chi connectivity index (χ2v) is 6.45. The lowest BCUT2D eigenvalue weighted by Crippen LogP contribution is -2.65. The summed E-state index contributed by atoms with van der Waals surface area (Å²) < 4.78 is 5.71. The second kappa shape index (κ2) is 7.24. The van der Waals surface area contributed by atoms with Crippen LogP contribution in [0.4, 0.5) is 5.69 Å². The first-order chi connectivity index (χ1) is 12.8. The van der Waals surface area contributed by atoms with Crippen molar-refractivity contribution in [2.45, 2.75) is 25.1 Å². The lowest BCUT2D eigenvalue weighted by Gasteiger charge is -2.48. The molecule has 1 amide bonds. The number of nitro benzene ring substituents is 1. The summed E-state index contributed by atoms with van der Waals surface area (Å²) in [7, 11) is 0.